The van der Waals surface area contributed by atoms with E-state index in [-0.39, 0.29) is 24.6 Å². The molecule has 2 aliphatic carbocycles. The van der Waals surface area contributed by atoms with Gasteiger partial charge in [-0.15, -0.1) is 0 Å². The molecule has 0 radical (unpaired) electrons. The maximum atomic E-state index is 12.2. The van der Waals surface area contributed by atoms with Gasteiger partial charge in [0.15, 0.2) is 0 Å². The molecule has 1 aliphatic heterocycles. The normalized spacial score (nSPS) is 30.0. The van der Waals surface area contributed by atoms with Crippen LogP contribution in [0.25, 0.3) is 0 Å². The van der Waals surface area contributed by atoms with Gasteiger partial charge in [0.05, 0.1) is 6.61 Å². The van der Waals surface area contributed by atoms with Crippen molar-refractivity contribution in [3.05, 3.63) is 29.3 Å². The van der Waals surface area contributed by atoms with Crippen molar-refractivity contribution in [2.45, 2.75) is 38.1 Å². The Labute approximate surface area is 142 Å². The molecule has 0 saturated heterocycles. The molecule has 0 aromatic heterocycles. The molecule has 3 aliphatic rings. The van der Waals surface area contributed by atoms with Crippen molar-refractivity contribution in [3.8, 4) is 5.75 Å². The lowest BCUT2D eigenvalue weighted by Crippen LogP contribution is -2.49. The molecule has 4 unspecified atom stereocenters. The van der Waals surface area contributed by atoms with Crippen LogP contribution in [0.5, 0.6) is 5.75 Å². The number of nitrogens with one attached hydrogen (secondary N) is 2. The lowest BCUT2D eigenvalue weighted by Gasteiger charge is -2.30. The van der Waals surface area contributed by atoms with Crippen LogP contribution >= 0.6 is 0 Å². The second-order valence-electron chi connectivity index (χ2n) is 7.40. The predicted molar refractivity (Wildman–Crippen MR) is 91.1 cm³/mol. The molecule has 24 heavy (non-hydrogen) atoms. The summed E-state index contributed by atoms with van der Waals surface area (Å²) in [6.07, 6.45) is 5.35. The molecule has 1 aromatic rings. The van der Waals surface area contributed by atoms with E-state index >= 15 is 0 Å². The Morgan fingerprint density at radius 2 is 2.17 bits per heavy atom. The molecule has 130 valence electrons. The van der Waals surface area contributed by atoms with Gasteiger partial charge in [-0.1, -0.05) is 12.1 Å². The minimum absolute atomic E-state index is 0.101. The van der Waals surface area contributed by atoms with Gasteiger partial charge in [0, 0.05) is 31.5 Å². The van der Waals surface area contributed by atoms with Crippen molar-refractivity contribution >= 4 is 6.03 Å². The number of amides is 2. The Kier molecular flexibility index (Phi) is 4.35. The molecule has 5 heteroatoms. The van der Waals surface area contributed by atoms with Gasteiger partial charge in [0.1, 0.15) is 5.75 Å². The molecular formula is C19H26N2O3. The van der Waals surface area contributed by atoms with Crippen LogP contribution in [0.15, 0.2) is 18.2 Å². The van der Waals surface area contributed by atoms with Crippen molar-refractivity contribution in [2.24, 2.45) is 17.8 Å². The Bertz CT molecular complexity index is 619. The van der Waals surface area contributed by atoms with Crippen molar-refractivity contribution < 1.29 is 14.6 Å². The maximum Gasteiger partial charge on any atom is 0.315 e. The minimum atomic E-state index is -0.101. The zero-order valence-electron chi connectivity index (χ0n) is 14.0. The van der Waals surface area contributed by atoms with Gasteiger partial charge in [-0.3, -0.25) is 0 Å². The zero-order valence-corrected chi connectivity index (χ0v) is 14.0. The molecule has 2 saturated carbocycles. The average molecular weight is 330 g/mol. The number of rotatable bonds is 5. The number of hydrogen-bond acceptors (Lipinski definition) is 3. The van der Waals surface area contributed by atoms with E-state index in [9.17, 15) is 9.90 Å². The number of aliphatic hydroxyl groups excluding tert-OH is 1. The van der Waals surface area contributed by atoms with Gasteiger partial charge in [0.25, 0.3) is 0 Å². The Hall–Kier alpha value is -1.75. The highest BCUT2D eigenvalue weighted by Gasteiger charge is 2.47. The van der Waals surface area contributed by atoms with Crippen LogP contribution in [0.4, 0.5) is 4.79 Å². The lowest BCUT2D eigenvalue weighted by molar-refractivity contribution is 0.144. The first-order valence-corrected chi connectivity index (χ1v) is 9.14. The molecule has 2 bridgehead atoms. The summed E-state index contributed by atoms with van der Waals surface area (Å²) in [6.45, 7) is 1.58. The molecule has 0 spiro atoms. The summed E-state index contributed by atoms with van der Waals surface area (Å²) in [5, 5.41) is 15.7. The maximum absolute atomic E-state index is 12.2. The molecule has 5 nitrogen and oxygen atoms in total. The number of benzene rings is 1. The number of aliphatic hydroxyl groups is 1. The summed E-state index contributed by atoms with van der Waals surface area (Å²) >= 11 is 0. The van der Waals surface area contributed by atoms with E-state index in [1.807, 2.05) is 6.07 Å². The SMILES string of the molecule is O=C(NCCc1ccc2c(c1)CCO2)NC1C2CCC(C2)C1CO. The third-order valence-corrected chi connectivity index (χ3v) is 6.05. The molecule has 4 rings (SSSR count). The van der Waals surface area contributed by atoms with Crippen LogP contribution in [-0.2, 0) is 12.8 Å². The standard InChI is InChI=1S/C19H26N2O3/c22-11-16-13-2-3-15(10-13)18(16)21-19(23)20-7-5-12-1-4-17-14(9-12)6-8-24-17/h1,4,9,13,15-16,18,22H,2-3,5-8,10-11H2,(H2,20,21,23). The van der Waals surface area contributed by atoms with E-state index < -0.39 is 0 Å². The van der Waals surface area contributed by atoms with E-state index in [1.165, 1.54) is 24.0 Å². The molecule has 2 amide bonds. The van der Waals surface area contributed by atoms with Gasteiger partial charge in [-0.05, 0) is 54.7 Å². The van der Waals surface area contributed by atoms with E-state index in [0.717, 1.165) is 31.6 Å². The monoisotopic (exact) mass is 330 g/mol. The number of fused-ring (bicyclic) bond motifs is 3. The van der Waals surface area contributed by atoms with Crippen LogP contribution in [0.2, 0.25) is 0 Å². The molecule has 1 aromatic carbocycles. The van der Waals surface area contributed by atoms with E-state index in [0.29, 0.717) is 18.4 Å². The summed E-state index contributed by atoms with van der Waals surface area (Å²) in [5.74, 6) is 2.38. The first-order valence-electron chi connectivity index (χ1n) is 9.14. The highest BCUT2D eigenvalue weighted by Crippen LogP contribution is 2.48. The largest absolute Gasteiger partial charge is 0.493 e. The van der Waals surface area contributed by atoms with Gasteiger partial charge in [-0.25, -0.2) is 4.79 Å². The second-order valence-corrected chi connectivity index (χ2v) is 7.40. The number of carbonyl (C=O) groups excluding carboxylic acids is 1. The summed E-state index contributed by atoms with van der Waals surface area (Å²) < 4.78 is 5.52. The lowest BCUT2D eigenvalue weighted by atomic mass is 9.85. The van der Waals surface area contributed by atoms with E-state index in [1.54, 1.807) is 0 Å². The Balaban J connectivity index is 1.25. The van der Waals surface area contributed by atoms with Crippen molar-refractivity contribution in [2.75, 3.05) is 19.8 Å². The van der Waals surface area contributed by atoms with Gasteiger partial charge in [0.2, 0.25) is 0 Å². The fraction of sp³-hybridized carbons (Fsp3) is 0.632. The first-order chi connectivity index (χ1) is 11.7. The highest BCUT2D eigenvalue weighted by molar-refractivity contribution is 5.74. The smallest absolute Gasteiger partial charge is 0.315 e. The van der Waals surface area contributed by atoms with Crippen molar-refractivity contribution in [3.63, 3.8) is 0 Å². The number of carbonyl (C=O) groups is 1. The Morgan fingerprint density at radius 3 is 3.04 bits per heavy atom. The summed E-state index contributed by atoms with van der Waals surface area (Å²) in [7, 11) is 0. The van der Waals surface area contributed by atoms with Gasteiger partial charge >= 0.3 is 6.03 Å². The first kappa shape index (κ1) is 15.8. The van der Waals surface area contributed by atoms with Crippen LogP contribution in [0.1, 0.15) is 30.4 Å². The fourth-order valence-corrected chi connectivity index (χ4v) is 4.82. The topological polar surface area (TPSA) is 70.6 Å². The number of ether oxygens (including phenoxy) is 1. The molecule has 2 fully saturated rings. The Morgan fingerprint density at radius 1 is 1.29 bits per heavy atom. The molecular weight excluding hydrogens is 304 g/mol. The quantitative estimate of drug-likeness (QED) is 0.772. The summed E-state index contributed by atoms with van der Waals surface area (Å²) in [5.41, 5.74) is 2.50. The summed E-state index contributed by atoms with van der Waals surface area (Å²) in [6, 6.07) is 6.32. The van der Waals surface area contributed by atoms with Gasteiger partial charge in [-0.2, -0.15) is 0 Å². The second kappa shape index (κ2) is 6.63. The zero-order chi connectivity index (χ0) is 16.5. The molecule has 3 N–H and O–H groups in total. The van der Waals surface area contributed by atoms with Crippen LogP contribution < -0.4 is 15.4 Å². The van der Waals surface area contributed by atoms with Crippen molar-refractivity contribution in [1.29, 1.82) is 0 Å². The van der Waals surface area contributed by atoms with E-state index in [2.05, 4.69) is 22.8 Å². The van der Waals surface area contributed by atoms with Crippen LogP contribution in [-0.4, -0.2) is 36.9 Å². The fourth-order valence-electron chi connectivity index (χ4n) is 4.82. The minimum Gasteiger partial charge on any atom is -0.493 e. The average Bonchev–Trinajstić information content (AvgIpc) is 3.30. The van der Waals surface area contributed by atoms with Crippen molar-refractivity contribution in [1.82, 2.24) is 10.6 Å². The highest BCUT2D eigenvalue weighted by atomic mass is 16.5. The number of urea groups is 1. The molecule has 4 atom stereocenters. The number of hydrogen-bond donors (Lipinski definition) is 3. The van der Waals surface area contributed by atoms with Crippen LogP contribution in [0, 0.1) is 17.8 Å². The third-order valence-electron chi connectivity index (χ3n) is 6.05. The third kappa shape index (κ3) is 2.97. The van der Waals surface area contributed by atoms with Gasteiger partial charge < -0.3 is 20.5 Å². The summed E-state index contributed by atoms with van der Waals surface area (Å²) in [4.78, 5) is 12.2. The molecule has 1 heterocycles. The van der Waals surface area contributed by atoms with Crippen LogP contribution in [0.3, 0.4) is 0 Å². The van der Waals surface area contributed by atoms with E-state index in [4.69, 9.17) is 4.74 Å². The predicted octanol–water partition coefficient (Wildman–Crippen LogP) is 1.87.